The van der Waals surface area contributed by atoms with Crippen LogP contribution >= 0.6 is 0 Å². The van der Waals surface area contributed by atoms with Crippen LogP contribution in [0, 0.1) is 12.7 Å². The third kappa shape index (κ3) is 1.55. The molecule has 0 aliphatic carbocycles. The summed E-state index contributed by atoms with van der Waals surface area (Å²) in [6, 6.07) is 3.76. The zero-order valence-electron chi connectivity index (χ0n) is 8.40. The van der Waals surface area contributed by atoms with Gasteiger partial charge < -0.3 is 14.6 Å². The number of fused-ring (bicyclic) bond motifs is 1. The molecule has 16 heavy (non-hydrogen) atoms. The molecule has 2 aromatic rings. The minimum absolute atomic E-state index is 0.0991. The van der Waals surface area contributed by atoms with Crippen LogP contribution in [0.2, 0.25) is 0 Å². The lowest BCUT2D eigenvalue weighted by atomic mass is 10.1. The summed E-state index contributed by atoms with van der Waals surface area (Å²) in [5, 5.41) is 18.5. The Balaban J connectivity index is 2.72. The number of carboxylic acids is 1. The molecule has 2 N–H and O–H groups in total. The maximum atomic E-state index is 13.0. The van der Waals surface area contributed by atoms with Crippen LogP contribution in [-0.4, -0.2) is 16.2 Å². The van der Waals surface area contributed by atoms with E-state index in [1.165, 1.54) is 19.1 Å². The Bertz CT molecular complexity index is 558. The van der Waals surface area contributed by atoms with Crippen LogP contribution in [0.4, 0.5) is 4.39 Å². The van der Waals surface area contributed by atoms with Gasteiger partial charge in [0, 0.05) is 10.9 Å². The number of halogens is 1. The van der Waals surface area contributed by atoms with Crippen LogP contribution in [0.3, 0.4) is 0 Å². The monoisotopic (exact) mass is 224 g/mol. The first-order chi connectivity index (χ1) is 7.50. The molecular weight excluding hydrogens is 215 g/mol. The van der Waals surface area contributed by atoms with E-state index in [0.29, 0.717) is 5.58 Å². The molecule has 0 radical (unpaired) electrons. The minimum Gasteiger partial charge on any atom is -0.479 e. The predicted octanol–water partition coefficient (Wildman–Crippen LogP) is 2.00. The summed E-state index contributed by atoms with van der Waals surface area (Å²) >= 11 is 0. The Hall–Kier alpha value is -1.88. The second-order valence-electron chi connectivity index (χ2n) is 3.45. The van der Waals surface area contributed by atoms with Crippen molar-refractivity contribution in [2.24, 2.45) is 0 Å². The first-order valence-corrected chi connectivity index (χ1v) is 4.60. The molecule has 0 amide bonds. The SMILES string of the molecule is Cc1oc2ccc(F)cc2c1C(O)C(=O)O. The van der Waals surface area contributed by atoms with Crippen LogP contribution in [-0.2, 0) is 4.79 Å². The number of carboxylic acid groups (broad SMARTS) is 1. The number of aliphatic hydroxyl groups is 1. The van der Waals surface area contributed by atoms with E-state index in [4.69, 9.17) is 9.52 Å². The van der Waals surface area contributed by atoms with Gasteiger partial charge in [-0.3, -0.25) is 0 Å². The van der Waals surface area contributed by atoms with E-state index in [9.17, 15) is 14.3 Å². The average Bonchev–Trinajstić information content (AvgIpc) is 2.52. The molecule has 5 heteroatoms. The number of aryl methyl sites for hydroxylation is 1. The van der Waals surface area contributed by atoms with Crippen LogP contribution in [0.15, 0.2) is 22.6 Å². The van der Waals surface area contributed by atoms with Gasteiger partial charge in [0.15, 0.2) is 6.10 Å². The predicted molar refractivity (Wildman–Crippen MR) is 53.5 cm³/mol. The van der Waals surface area contributed by atoms with E-state index in [-0.39, 0.29) is 16.7 Å². The standard InChI is InChI=1S/C11H9FO4/c1-5-9(10(13)11(14)15)7-4-6(12)2-3-8(7)16-5/h2-4,10,13H,1H3,(H,14,15). The molecule has 0 aliphatic rings. The van der Waals surface area contributed by atoms with Crippen LogP contribution in [0.25, 0.3) is 11.0 Å². The quantitative estimate of drug-likeness (QED) is 0.818. The molecule has 1 atom stereocenters. The number of aliphatic hydroxyl groups excluding tert-OH is 1. The van der Waals surface area contributed by atoms with Gasteiger partial charge >= 0.3 is 5.97 Å². The number of rotatable bonds is 2. The molecule has 0 saturated carbocycles. The second kappa shape index (κ2) is 3.61. The van der Waals surface area contributed by atoms with Gasteiger partial charge in [-0.05, 0) is 25.1 Å². The maximum absolute atomic E-state index is 13.0. The molecule has 1 unspecified atom stereocenters. The first kappa shape index (κ1) is 10.6. The third-order valence-corrected chi connectivity index (χ3v) is 2.38. The molecule has 0 bridgehead atoms. The van der Waals surface area contributed by atoms with Crippen molar-refractivity contribution >= 4 is 16.9 Å². The van der Waals surface area contributed by atoms with Crippen molar-refractivity contribution in [3.63, 3.8) is 0 Å². The van der Waals surface area contributed by atoms with Gasteiger partial charge in [-0.2, -0.15) is 0 Å². The normalized spacial score (nSPS) is 12.9. The number of aliphatic carboxylic acids is 1. The van der Waals surface area contributed by atoms with Gasteiger partial charge in [0.2, 0.25) is 0 Å². The van der Waals surface area contributed by atoms with Gasteiger partial charge in [-0.1, -0.05) is 0 Å². The molecule has 84 valence electrons. The maximum Gasteiger partial charge on any atom is 0.337 e. The molecule has 1 heterocycles. The Morgan fingerprint density at radius 1 is 1.50 bits per heavy atom. The summed E-state index contributed by atoms with van der Waals surface area (Å²) in [6.45, 7) is 1.53. The third-order valence-electron chi connectivity index (χ3n) is 2.38. The van der Waals surface area contributed by atoms with Crippen molar-refractivity contribution < 1.29 is 23.8 Å². The fourth-order valence-electron chi connectivity index (χ4n) is 1.67. The van der Waals surface area contributed by atoms with Crippen molar-refractivity contribution in [3.8, 4) is 0 Å². The topological polar surface area (TPSA) is 70.7 Å². The largest absolute Gasteiger partial charge is 0.479 e. The number of furan rings is 1. The highest BCUT2D eigenvalue weighted by atomic mass is 19.1. The van der Waals surface area contributed by atoms with E-state index in [0.717, 1.165) is 6.07 Å². The zero-order chi connectivity index (χ0) is 11.9. The highest BCUT2D eigenvalue weighted by Gasteiger charge is 2.24. The van der Waals surface area contributed by atoms with Gasteiger partial charge in [-0.25, -0.2) is 9.18 Å². The Kier molecular flexibility index (Phi) is 2.40. The van der Waals surface area contributed by atoms with Crippen molar-refractivity contribution in [1.82, 2.24) is 0 Å². The van der Waals surface area contributed by atoms with Crippen molar-refractivity contribution in [1.29, 1.82) is 0 Å². The molecule has 1 aromatic carbocycles. The van der Waals surface area contributed by atoms with Crippen LogP contribution < -0.4 is 0 Å². The Morgan fingerprint density at radius 3 is 2.81 bits per heavy atom. The van der Waals surface area contributed by atoms with Crippen molar-refractivity contribution in [2.75, 3.05) is 0 Å². The van der Waals surface area contributed by atoms with Gasteiger partial charge in [-0.15, -0.1) is 0 Å². The minimum atomic E-state index is -1.71. The average molecular weight is 224 g/mol. The Labute approximate surface area is 89.9 Å². The highest BCUT2D eigenvalue weighted by molar-refractivity contribution is 5.88. The summed E-state index contributed by atoms with van der Waals surface area (Å²) in [4.78, 5) is 10.7. The molecule has 1 aromatic heterocycles. The number of hydrogen-bond donors (Lipinski definition) is 2. The Morgan fingerprint density at radius 2 is 2.19 bits per heavy atom. The van der Waals surface area contributed by atoms with E-state index in [2.05, 4.69) is 0 Å². The lowest BCUT2D eigenvalue weighted by Crippen LogP contribution is -2.10. The van der Waals surface area contributed by atoms with Gasteiger partial charge in [0.05, 0.1) is 0 Å². The van der Waals surface area contributed by atoms with E-state index < -0.39 is 17.9 Å². The molecule has 4 nitrogen and oxygen atoms in total. The van der Waals surface area contributed by atoms with Gasteiger partial charge in [0.25, 0.3) is 0 Å². The molecule has 0 aliphatic heterocycles. The van der Waals surface area contributed by atoms with E-state index in [1.54, 1.807) is 0 Å². The summed E-state index contributed by atoms with van der Waals surface area (Å²) in [7, 11) is 0. The van der Waals surface area contributed by atoms with E-state index >= 15 is 0 Å². The number of hydrogen-bond acceptors (Lipinski definition) is 3. The number of carbonyl (C=O) groups is 1. The van der Waals surface area contributed by atoms with Crippen molar-refractivity contribution in [3.05, 3.63) is 35.3 Å². The zero-order valence-corrected chi connectivity index (χ0v) is 8.40. The number of benzene rings is 1. The summed E-state index contributed by atoms with van der Waals surface area (Å²) < 4.78 is 18.3. The highest BCUT2D eigenvalue weighted by Crippen LogP contribution is 2.31. The van der Waals surface area contributed by atoms with Gasteiger partial charge in [0.1, 0.15) is 17.2 Å². The molecule has 0 spiro atoms. The van der Waals surface area contributed by atoms with Crippen molar-refractivity contribution in [2.45, 2.75) is 13.0 Å². The lowest BCUT2D eigenvalue weighted by Gasteiger charge is -2.03. The fourth-order valence-corrected chi connectivity index (χ4v) is 1.67. The summed E-state index contributed by atoms with van der Waals surface area (Å²) in [5.74, 6) is -1.63. The summed E-state index contributed by atoms with van der Waals surface area (Å²) in [6.07, 6.45) is -1.71. The van der Waals surface area contributed by atoms with E-state index in [1.807, 2.05) is 0 Å². The van der Waals surface area contributed by atoms with Crippen LogP contribution in [0.1, 0.15) is 17.4 Å². The molecule has 0 saturated heterocycles. The molecule has 0 fully saturated rings. The smallest absolute Gasteiger partial charge is 0.337 e. The molecule has 2 rings (SSSR count). The first-order valence-electron chi connectivity index (χ1n) is 4.60. The molecular formula is C11H9FO4. The second-order valence-corrected chi connectivity index (χ2v) is 3.45. The fraction of sp³-hybridized carbons (Fsp3) is 0.182. The lowest BCUT2D eigenvalue weighted by molar-refractivity contribution is -0.146. The van der Waals surface area contributed by atoms with Crippen LogP contribution in [0.5, 0.6) is 0 Å². The summed E-state index contributed by atoms with van der Waals surface area (Å²) in [5.41, 5.74) is 0.455.